The minimum atomic E-state index is -0.209. The molecule has 2 fully saturated rings. The fourth-order valence-corrected chi connectivity index (χ4v) is 5.98. The van der Waals surface area contributed by atoms with Crippen molar-refractivity contribution in [3.63, 3.8) is 0 Å². The van der Waals surface area contributed by atoms with Crippen LogP contribution in [0.25, 0.3) is 0 Å². The summed E-state index contributed by atoms with van der Waals surface area (Å²) in [5.74, 6) is 1.84. The number of hydrogen-bond acceptors (Lipinski definition) is 4. The third-order valence-corrected chi connectivity index (χ3v) is 9.71. The van der Waals surface area contributed by atoms with Gasteiger partial charge in [0, 0.05) is 0 Å². The van der Waals surface area contributed by atoms with E-state index in [4.69, 9.17) is 19.5 Å². The zero-order chi connectivity index (χ0) is 27.0. The van der Waals surface area contributed by atoms with Crippen molar-refractivity contribution in [3.8, 4) is 0 Å². The van der Waals surface area contributed by atoms with E-state index < -0.39 is 0 Å². The highest BCUT2D eigenvalue weighted by Crippen LogP contribution is 2.57. The highest BCUT2D eigenvalue weighted by molar-refractivity contribution is 6.45. The molecule has 1 aromatic carbocycles. The molecule has 2 aliphatic rings. The topological polar surface area (TPSA) is 59.4 Å². The summed E-state index contributed by atoms with van der Waals surface area (Å²) >= 11 is 0. The van der Waals surface area contributed by atoms with E-state index in [2.05, 4.69) is 85.7 Å². The molecule has 0 bridgehead atoms. The SMILES string of the molecule is CC(C)(C)C(C)(CCCCB1OC(C)(C)C(C)(C)O1)C1CC(CCCCc2ccccc2)C1.N=C=O. The van der Waals surface area contributed by atoms with Crippen LogP contribution in [0, 0.1) is 28.1 Å². The van der Waals surface area contributed by atoms with Crippen LogP contribution in [0.2, 0.25) is 6.32 Å². The molecule has 1 aromatic rings. The molecule has 0 radical (unpaired) electrons. The van der Waals surface area contributed by atoms with Crippen LogP contribution in [0.5, 0.6) is 0 Å². The maximum atomic E-state index is 8.35. The van der Waals surface area contributed by atoms with E-state index in [-0.39, 0.29) is 18.3 Å². The van der Waals surface area contributed by atoms with Crippen molar-refractivity contribution >= 4 is 13.2 Å². The summed E-state index contributed by atoms with van der Waals surface area (Å²) in [6.45, 7) is 18.6. The van der Waals surface area contributed by atoms with E-state index in [1.807, 2.05) is 0 Å². The first-order valence-corrected chi connectivity index (χ1v) is 14.2. The molecule has 5 heteroatoms. The van der Waals surface area contributed by atoms with E-state index in [9.17, 15) is 0 Å². The Kier molecular flexibility index (Phi) is 11.0. The zero-order valence-corrected chi connectivity index (χ0v) is 24.4. The molecule has 1 atom stereocenters. The first-order valence-electron chi connectivity index (χ1n) is 14.2. The van der Waals surface area contributed by atoms with Gasteiger partial charge >= 0.3 is 7.12 Å². The van der Waals surface area contributed by atoms with Gasteiger partial charge in [-0.2, -0.15) is 0 Å². The van der Waals surface area contributed by atoms with Gasteiger partial charge in [0.15, 0.2) is 0 Å². The van der Waals surface area contributed by atoms with E-state index in [0.29, 0.717) is 10.8 Å². The lowest BCUT2D eigenvalue weighted by molar-refractivity contribution is -0.0465. The van der Waals surface area contributed by atoms with Crippen LogP contribution in [-0.4, -0.2) is 24.4 Å². The van der Waals surface area contributed by atoms with Crippen molar-refractivity contribution in [2.24, 2.45) is 22.7 Å². The predicted molar refractivity (Wildman–Crippen MR) is 151 cm³/mol. The number of isocyanates is 1. The first-order chi connectivity index (χ1) is 16.8. The molecule has 1 saturated heterocycles. The van der Waals surface area contributed by atoms with Crippen LogP contribution >= 0.6 is 0 Å². The molecule has 0 amide bonds. The molecule has 3 rings (SSSR count). The maximum absolute atomic E-state index is 8.35. The fourth-order valence-electron chi connectivity index (χ4n) is 5.98. The van der Waals surface area contributed by atoms with Gasteiger partial charge < -0.3 is 9.31 Å². The van der Waals surface area contributed by atoms with E-state index >= 15 is 0 Å². The van der Waals surface area contributed by atoms with Crippen LogP contribution in [0.1, 0.15) is 112 Å². The number of aryl methyl sites for hydroxylation is 1. The monoisotopic (exact) mass is 497 g/mol. The Morgan fingerprint density at radius 1 is 0.944 bits per heavy atom. The summed E-state index contributed by atoms with van der Waals surface area (Å²) in [5.41, 5.74) is 1.84. The normalized spacial score (nSPS) is 24.2. The Labute approximate surface area is 222 Å². The van der Waals surface area contributed by atoms with Crippen molar-refractivity contribution in [1.29, 1.82) is 5.41 Å². The average molecular weight is 498 g/mol. The molecule has 1 heterocycles. The smallest absolute Gasteiger partial charge is 0.403 e. The van der Waals surface area contributed by atoms with E-state index in [1.165, 1.54) is 63.4 Å². The number of hydrogen-bond donors (Lipinski definition) is 1. The molecule has 36 heavy (non-hydrogen) atoms. The summed E-state index contributed by atoms with van der Waals surface area (Å²) in [7, 11) is -0.0418. The van der Waals surface area contributed by atoms with Gasteiger partial charge in [0.05, 0.1) is 11.2 Å². The Bertz CT molecular complexity index is 804. The van der Waals surface area contributed by atoms with Crippen LogP contribution in [0.15, 0.2) is 30.3 Å². The molecular weight excluding hydrogens is 445 g/mol. The van der Waals surface area contributed by atoms with Gasteiger partial charge in [0.1, 0.15) is 0 Å². The second-order valence-electron chi connectivity index (χ2n) is 13.5. The van der Waals surface area contributed by atoms with Crippen molar-refractivity contribution in [2.45, 2.75) is 131 Å². The second kappa shape index (κ2) is 12.9. The Balaban J connectivity index is 0.00000145. The predicted octanol–water partition coefficient (Wildman–Crippen LogP) is 8.64. The van der Waals surface area contributed by atoms with Gasteiger partial charge in [-0.05, 0) is 94.3 Å². The maximum Gasteiger partial charge on any atom is 0.457 e. The van der Waals surface area contributed by atoms with Gasteiger partial charge in [-0.1, -0.05) is 83.7 Å². The van der Waals surface area contributed by atoms with Crippen LogP contribution in [0.3, 0.4) is 0 Å². The molecule has 0 aromatic heterocycles. The van der Waals surface area contributed by atoms with Crippen LogP contribution < -0.4 is 0 Å². The molecule has 0 spiro atoms. The molecule has 1 saturated carbocycles. The third kappa shape index (κ3) is 8.04. The fraction of sp³-hybridized carbons (Fsp3) is 0.774. The number of rotatable bonds is 11. The standard InChI is InChI=1S/C30H51BO2.CHNO/c1-27(2,3)30(8,20-14-15-21-31-32-28(4,5)29(6,7)33-31)26-22-25(23-26)19-13-12-18-24-16-10-9-11-17-24;2-1-3/h9-11,16-17,25-26H,12-15,18-23H2,1-8H3;2H. The third-order valence-electron chi connectivity index (χ3n) is 9.71. The van der Waals surface area contributed by atoms with Gasteiger partial charge in [0.2, 0.25) is 6.08 Å². The lowest BCUT2D eigenvalue weighted by Crippen LogP contribution is -2.45. The van der Waals surface area contributed by atoms with Crippen LogP contribution in [-0.2, 0) is 20.5 Å². The van der Waals surface area contributed by atoms with Crippen molar-refractivity contribution in [1.82, 2.24) is 0 Å². The Morgan fingerprint density at radius 2 is 1.50 bits per heavy atom. The summed E-state index contributed by atoms with van der Waals surface area (Å²) in [4.78, 5) is 8.35. The minimum absolute atomic E-state index is 0.0418. The minimum Gasteiger partial charge on any atom is -0.403 e. The number of carbonyl (C=O) groups excluding carboxylic acids is 1. The highest BCUT2D eigenvalue weighted by atomic mass is 16.7. The first kappa shape index (κ1) is 30.8. The summed E-state index contributed by atoms with van der Waals surface area (Å²) < 4.78 is 12.4. The van der Waals surface area contributed by atoms with Crippen molar-refractivity contribution < 1.29 is 14.1 Å². The quantitative estimate of drug-likeness (QED) is 0.144. The van der Waals surface area contributed by atoms with Gasteiger partial charge in [-0.3, -0.25) is 0 Å². The van der Waals surface area contributed by atoms with Crippen LogP contribution in [0.4, 0.5) is 0 Å². The summed E-state index contributed by atoms with van der Waals surface area (Å²) in [5, 5.41) is 5.40. The number of unbranched alkanes of at least 4 members (excludes halogenated alkanes) is 2. The second-order valence-corrected chi connectivity index (χ2v) is 13.5. The average Bonchev–Trinajstić information content (AvgIpc) is 2.96. The van der Waals surface area contributed by atoms with Gasteiger partial charge in [-0.25, -0.2) is 10.2 Å². The highest BCUT2D eigenvalue weighted by Gasteiger charge is 2.51. The number of nitrogens with one attached hydrogen (secondary N) is 1. The summed E-state index contributed by atoms with van der Waals surface area (Å²) in [6, 6.07) is 11.0. The summed E-state index contributed by atoms with van der Waals surface area (Å²) in [6.07, 6.45) is 13.8. The van der Waals surface area contributed by atoms with E-state index in [1.54, 1.807) is 0 Å². The molecule has 202 valence electrons. The zero-order valence-electron chi connectivity index (χ0n) is 24.4. The van der Waals surface area contributed by atoms with Crippen molar-refractivity contribution in [2.75, 3.05) is 0 Å². The largest absolute Gasteiger partial charge is 0.457 e. The number of benzene rings is 1. The Morgan fingerprint density at radius 3 is 2.03 bits per heavy atom. The van der Waals surface area contributed by atoms with Gasteiger partial charge in [0.25, 0.3) is 0 Å². The molecule has 1 aliphatic heterocycles. The van der Waals surface area contributed by atoms with Gasteiger partial charge in [-0.15, -0.1) is 0 Å². The molecule has 1 unspecified atom stereocenters. The lowest BCUT2D eigenvalue weighted by atomic mass is 9.51. The molecule has 1 aliphatic carbocycles. The van der Waals surface area contributed by atoms with E-state index in [0.717, 1.165) is 24.2 Å². The molecular formula is C31H52BNO3. The molecule has 1 N–H and O–H groups in total. The Hall–Kier alpha value is -1.42. The van der Waals surface area contributed by atoms with Crippen molar-refractivity contribution in [3.05, 3.63) is 35.9 Å². The lowest BCUT2D eigenvalue weighted by Gasteiger charge is -2.54. The molecule has 4 nitrogen and oxygen atoms in total.